The van der Waals surface area contributed by atoms with Crippen LogP contribution in [0.2, 0.25) is 5.02 Å². The summed E-state index contributed by atoms with van der Waals surface area (Å²) in [5.74, 6) is 0.338. The highest BCUT2D eigenvalue weighted by Gasteiger charge is 2.47. The van der Waals surface area contributed by atoms with Crippen molar-refractivity contribution in [3.05, 3.63) is 28.8 Å². The summed E-state index contributed by atoms with van der Waals surface area (Å²) in [6.07, 6.45) is 4.61. The fourth-order valence-electron chi connectivity index (χ4n) is 4.45. The number of amides is 3. The standard InChI is InChI=1S/C20H23ClN2O3S/c21-12-5-6-17-15(11-12)16(8-10-27-17)22-18(24)7-9-23-19(25)13-3-1-2-4-14(13)20(23)26/h5-6,11,13-14,16H,1-4,7-10H2,(H,22,24)/t13-,14+,16-/m1/s1. The van der Waals surface area contributed by atoms with E-state index < -0.39 is 0 Å². The van der Waals surface area contributed by atoms with Gasteiger partial charge in [0.2, 0.25) is 17.7 Å². The van der Waals surface area contributed by atoms with Crippen molar-refractivity contribution in [2.75, 3.05) is 12.3 Å². The van der Waals surface area contributed by atoms with E-state index in [9.17, 15) is 14.4 Å². The van der Waals surface area contributed by atoms with Crippen molar-refractivity contribution in [1.29, 1.82) is 0 Å². The van der Waals surface area contributed by atoms with Gasteiger partial charge in [0, 0.05) is 28.6 Å². The molecule has 1 aliphatic carbocycles. The predicted molar refractivity (Wildman–Crippen MR) is 104 cm³/mol. The Bertz CT molecular complexity index is 760. The molecule has 1 aromatic carbocycles. The average molecular weight is 407 g/mol. The molecule has 0 bridgehead atoms. The van der Waals surface area contributed by atoms with Gasteiger partial charge in [-0.2, -0.15) is 0 Å². The maximum absolute atomic E-state index is 12.5. The third-order valence-corrected chi connectivity index (χ3v) is 7.20. The normalized spacial score (nSPS) is 27.3. The van der Waals surface area contributed by atoms with Crippen LogP contribution in [0.1, 0.15) is 50.1 Å². The fraction of sp³-hybridized carbons (Fsp3) is 0.550. The number of hydrogen-bond donors (Lipinski definition) is 1. The van der Waals surface area contributed by atoms with E-state index in [-0.39, 0.29) is 48.6 Å². The number of rotatable bonds is 4. The van der Waals surface area contributed by atoms with Crippen molar-refractivity contribution in [2.24, 2.45) is 11.8 Å². The molecule has 2 fully saturated rings. The van der Waals surface area contributed by atoms with Crippen LogP contribution in [0.3, 0.4) is 0 Å². The van der Waals surface area contributed by atoms with Gasteiger partial charge in [-0.05, 0) is 43.0 Å². The highest BCUT2D eigenvalue weighted by Crippen LogP contribution is 2.39. The van der Waals surface area contributed by atoms with Crippen LogP contribution in [0.25, 0.3) is 0 Å². The Morgan fingerprint density at radius 3 is 2.56 bits per heavy atom. The zero-order chi connectivity index (χ0) is 19.0. The first-order chi connectivity index (χ1) is 13.0. The molecule has 7 heteroatoms. The van der Waals surface area contributed by atoms with Crippen molar-refractivity contribution >= 4 is 41.1 Å². The number of imide groups is 1. The Hall–Kier alpha value is -1.53. The smallest absolute Gasteiger partial charge is 0.233 e. The lowest BCUT2D eigenvalue weighted by molar-refractivity contribution is -0.140. The molecule has 1 saturated heterocycles. The van der Waals surface area contributed by atoms with Crippen molar-refractivity contribution < 1.29 is 14.4 Å². The SMILES string of the molecule is O=C(CCN1C(=O)[C@H]2CCCC[C@H]2C1=O)N[C@@H]1CCSc2ccc(Cl)cc21. The first-order valence-corrected chi connectivity index (χ1v) is 11.0. The van der Waals surface area contributed by atoms with Crippen molar-refractivity contribution in [1.82, 2.24) is 10.2 Å². The quantitative estimate of drug-likeness (QED) is 0.776. The summed E-state index contributed by atoms with van der Waals surface area (Å²) < 4.78 is 0. The number of nitrogens with zero attached hydrogens (tertiary/aromatic N) is 1. The van der Waals surface area contributed by atoms with Gasteiger partial charge >= 0.3 is 0 Å². The number of fused-ring (bicyclic) bond motifs is 2. The first-order valence-electron chi connectivity index (χ1n) is 9.61. The van der Waals surface area contributed by atoms with Gasteiger partial charge in [-0.25, -0.2) is 0 Å². The molecule has 27 heavy (non-hydrogen) atoms. The Balaban J connectivity index is 1.36. The summed E-state index contributed by atoms with van der Waals surface area (Å²) in [5.41, 5.74) is 1.05. The zero-order valence-electron chi connectivity index (χ0n) is 15.1. The van der Waals surface area contributed by atoms with Crippen LogP contribution in [0, 0.1) is 11.8 Å². The molecule has 1 saturated carbocycles. The minimum Gasteiger partial charge on any atom is -0.349 e. The van der Waals surface area contributed by atoms with Crippen LogP contribution in [-0.4, -0.2) is 34.9 Å². The van der Waals surface area contributed by atoms with E-state index in [4.69, 9.17) is 11.6 Å². The van der Waals surface area contributed by atoms with E-state index in [0.29, 0.717) is 5.02 Å². The predicted octanol–water partition coefficient (Wildman–Crippen LogP) is 3.56. The highest BCUT2D eigenvalue weighted by atomic mass is 35.5. The lowest BCUT2D eigenvalue weighted by Gasteiger charge is -2.26. The van der Waals surface area contributed by atoms with Gasteiger partial charge in [0.05, 0.1) is 17.9 Å². The minimum atomic E-state index is -0.154. The molecular weight excluding hydrogens is 384 g/mol. The Morgan fingerprint density at radius 2 is 1.85 bits per heavy atom. The van der Waals surface area contributed by atoms with Crippen LogP contribution in [0.5, 0.6) is 0 Å². The molecule has 3 atom stereocenters. The molecular formula is C20H23ClN2O3S. The largest absolute Gasteiger partial charge is 0.349 e. The number of carbonyl (C=O) groups excluding carboxylic acids is 3. The molecule has 2 aliphatic heterocycles. The van der Waals surface area contributed by atoms with Crippen LogP contribution in [0.4, 0.5) is 0 Å². The number of benzene rings is 1. The molecule has 1 aromatic rings. The van der Waals surface area contributed by atoms with Crippen molar-refractivity contribution in [2.45, 2.75) is 49.5 Å². The number of likely N-dealkylation sites (tertiary alicyclic amines) is 1. The molecule has 0 spiro atoms. The van der Waals surface area contributed by atoms with E-state index in [1.165, 1.54) is 4.90 Å². The lowest BCUT2D eigenvalue weighted by atomic mass is 9.81. The first kappa shape index (κ1) is 18.8. The third kappa shape index (κ3) is 3.74. The Kier molecular flexibility index (Phi) is 5.46. The summed E-state index contributed by atoms with van der Waals surface area (Å²) in [5, 5.41) is 3.72. The molecule has 0 radical (unpaired) electrons. The summed E-state index contributed by atoms with van der Waals surface area (Å²) in [6, 6.07) is 5.69. The molecule has 5 nitrogen and oxygen atoms in total. The summed E-state index contributed by atoms with van der Waals surface area (Å²) >= 11 is 7.88. The van der Waals surface area contributed by atoms with Crippen LogP contribution < -0.4 is 5.32 Å². The number of nitrogens with one attached hydrogen (secondary N) is 1. The van der Waals surface area contributed by atoms with E-state index >= 15 is 0 Å². The highest BCUT2D eigenvalue weighted by molar-refractivity contribution is 7.99. The second kappa shape index (κ2) is 7.84. The van der Waals surface area contributed by atoms with E-state index in [1.807, 2.05) is 18.2 Å². The van der Waals surface area contributed by atoms with Crippen molar-refractivity contribution in [3.8, 4) is 0 Å². The second-order valence-electron chi connectivity index (χ2n) is 7.51. The zero-order valence-corrected chi connectivity index (χ0v) is 16.7. The molecule has 144 valence electrons. The topological polar surface area (TPSA) is 66.5 Å². The molecule has 2 heterocycles. The minimum absolute atomic E-state index is 0.0694. The van der Waals surface area contributed by atoms with Gasteiger partial charge in [-0.1, -0.05) is 24.4 Å². The number of hydrogen-bond acceptors (Lipinski definition) is 4. The van der Waals surface area contributed by atoms with E-state index in [1.54, 1.807) is 11.8 Å². The van der Waals surface area contributed by atoms with E-state index in [0.717, 1.165) is 48.3 Å². The number of carbonyl (C=O) groups is 3. The third-order valence-electron chi connectivity index (χ3n) is 5.84. The van der Waals surface area contributed by atoms with Gasteiger partial charge in [-0.15, -0.1) is 11.8 Å². The van der Waals surface area contributed by atoms with Gasteiger partial charge in [0.15, 0.2) is 0 Å². The monoisotopic (exact) mass is 406 g/mol. The number of halogens is 1. The van der Waals surface area contributed by atoms with Crippen LogP contribution in [0.15, 0.2) is 23.1 Å². The van der Waals surface area contributed by atoms with Gasteiger partial charge in [0.1, 0.15) is 0 Å². The summed E-state index contributed by atoms with van der Waals surface area (Å²) in [6.45, 7) is 0.181. The molecule has 3 amide bonds. The Morgan fingerprint density at radius 1 is 1.15 bits per heavy atom. The summed E-state index contributed by atoms with van der Waals surface area (Å²) in [7, 11) is 0. The number of thioether (sulfide) groups is 1. The van der Waals surface area contributed by atoms with Gasteiger partial charge < -0.3 is 5.32 Å². The molecule has 4 rings (SSSR count). The van der Waals surface area contributed by atoms with Gasteiger partial charge in [-0.3, -0.25) is 19.3 Å². The van der Waals surface area contributed by atoms with Crippen molar-refractivity contribution in [3.63, 3.8) is 0 Å². The molecule has 3 aliphatic rings. The molecule has 0 unspecified atom stereocenters. The Labute approximate surface area is 168 Å². The van der Waals surface area contributed by atoms with Crippen LogP contribution >= 0.6 is 23.4 Å². The maximum Gasteiger partial charge on any atom is 0.233 e. The second-order valence-corrected chi connectivity index (χ2v) is 9.09. The lowest BCUT2D eigenvalue weighted by Crippen LogP contribution is -2.37. The van der Waals surface area contributed by atoms with Crippen LogP contribution in [-0.2, 0) is 14.4 Å². The fourth-order valence-corrected chi connectivity index (χ4v) is 5.73. The molecule has 0 aromatic heterocycles. The average Bonchev–Trinajstić information content (AvgIpc) is 2.91. The van der Waals surface area contributed by atoms with Gasteiger partial charge in [0.25, 0.3) is 0 Å². The van der Waals surface area contributed by atoms with E-state index in [2.05, 4.69) is 5.32 Å². The molecule has 1 N–H and O–H groups in total. The maximum atomic E-state index is 12.5. The summed E-state index contributed by atoms with van der Waals surface area (Å²) in [4.78, 5) is 40.0.